The van der Waals surface area contributed by atoms with Gasteiger partial charge < -0.3 is 0 Å². The molecule has 9 aromatic carbocycles. The molecule has 0 bridgehead atoms. The Morgan fingerprint density at radius 1 is 0.353 bits per heavy atom. The Hall–Kier alpha value is -6.77. The summed E-state index contributed by atoms with van der Waals surface area (Å²) in [6.45, 7) is 0. The molecular weight excluding hydrogens is 617 g/mol. The molecule has 0 saturated heterocycles. The fraction of sp³-hybridized carbons (Fsp3) is 0. The molecule has 238 valence electrons. The fourth-order valence-electron chi connectivity index (χ4n) is 7.90. The lowest BCUT2D eigenvalue weighted by Gasteiger charge is -2.19. The van der Waals surface area contributed by atoms with Crippen molar-refractivity contribution in [2.45, 2.75) is 0 Å². The van der Waals surface area contributed by atoms with Crippen molar-refractivity contribution in [3.63, 3.8) is 0 Å². The summed E-state index contributed by atoms with van der Waals surface area (Å²) in [4.78, 5) is 5.08. The minimum absolute atomic E-state index is 0.939. The highest BCUT2D eigenvalue weighted by molar-refractivity contribution is 6.22. The van der Waals surface area contributed by atoms with Crippen LogP contribution in [0.2, 0.25) is 0 Å². The Balaban J connectivity index is 1.22. The number of rotatable bonds is 5. The molecule has 51 heavy (non-hydrogen) atoms. The summed E-state index contributed by atoms with van der Waals surface area (Å²) < 4.78 is 2.28. The molecule has 0 aliphatic rings. The van der Waals surface area contributed by atoms with Gasteiger partial charge in [0.15, 0.2) is 0 Å². The third-order valence-corrected chi connectivity index (χ3v) is 10.2. The number of benzene rings is 9. The number of imidazole rings is 1. The van der Waals surface area contributed by atoms with Crippen molar-refractivity contribution in [3.05, 3.63) is 194 Å². The van der Waals surface area contributed by atoms with E-state index in [0.717, 1.165) is 28.1 Å². The zero-order valence-electron chi connectivity index (χ0n) is 27.9. The smallest absolute Gasteiger partial charge is 0.145 e. The lowest BCUT2D eigenvalue weighted by Crippen LogP contribution is -1.98. The SMILES string of the molecule is c1ccc(-c2c3ccccc3c(-c3ccc(-n4c(-c5ccccc5)nc5ccccc54)cc3)c3ccc(-c4cccc5ccccc45)cc23)cc1. The standard InChI is InChI=1S/C49H32N2/c1-3-15-34(16-4-1)48-42-22-10-9-21-41(42)47(43-31-28-37(32-44(43)48)40-23-13-19-33-14-7-8-20-39(33)40)35-26-29-38(30-27-35)51-46-25-12-11-24-45(46)50-49(51)36-17-5-2-6-18-36/h1-32H. The van der Waals surface area contributed by atoms with Crippen molar-refractivity contribution in [1.82, 2.24) is 9.55 Å². The lowest BCUT2D eigenvalue weighted by atomic mass is 9.84. The predicted molar refractivity (Wildman–Crippen MR) is 215 cm³/mol. The van der Waals surface area contributed by atoms with Gasteiger partial charge in [-0.15, -0.1) is 0 Å². The van der Waals surface area contributed by atoms with Crippen LogP contribution < -0.4 is 0 Å². The number of aromatic nitrogens is 2. The largest absolute Gasteiger partial charge is 0.292 e. The average molecular weight is 649 g/mol. The molecule has 0 amide bonds. The number of fused-ring (bicyclic) bond motifs is 4. The van der Waals surface area contributed by atoms with Gasteiger partial charge in [-0.2, -0.15) is 0 Å². The monoisotopic (exact) mass is 648 g/mol. The summed E-state index contributed by atoms with van der Waals surface area (Å²) in [5.41, 5.74) is 11.6. The maximum atomic E-state index is 5.08. The van der Waals surface area contributed by atoms with Gasteiger partial charge in [0.1, 0.15) is 5.82 Å². The Kier molecular flexibility index (Phi) is 6.85. The molecule has 0 fully saturated rings. The molecule has 0 radical (unpaired) electrons. The third kappa shape index (κ3) is 4.84. The van der Waals surface area contributed by atoms with E-state index in [4.69, 9.17) is 4.98 Å². The van der Waals surface area contributed by atoms with Gasteiger partial charge in [0.05, 0.1) is 11.0 Å². The molecule has 0 atom stereocenters. The second-order valence-corrected chi connectivity index (χ2v) is 13.1. The van der Waals surface area contributed by atoms with Crippen LogP contribution in [0.3, 0.4) is 0 Å². The van der Waals surface area contributed by atoms with E-state index in [-0.39, 0.29) is 0 Å². The van der Waals surface area contributed by atoms with Crippen molar-refractivity contribution in [2.24, 2.45) is 0 Å². The molecule has 0 aliphatic carbocycles. The first-order valence-electron chi connectivity index (χ1n) is 17.5. The molecule has 0 aliphatic heterocycles. The molecule has 2 heteroatoms. The van der Waals surface area contributed by atoms with E-state index < -0.39 is 0 Å². The van der Waals surface area contributed by atoms with Crippen molar-refractivity contribution in [1.29, 1.82) is 0 Å². The quantitative estimate of drug-likeness (QED) is 0.170. The van der Waals surface area contributed by atoms with Gasteiger partial charge in [0, 0.05) is 11.3 Å². The summed E-state index contributed by atoms with van der Waals surface area (Å²) in [5.74, 6) is 0.939. The molecule has 0 unspecified atom stereocenters. The molecular formula is C49H32N2. The second-order valence-electron chi connectivity index (χ2n) is 13.1. The summed E-state index contributed by atoms with van der Waals surface area (Å²) in [7, 11) is 0. The topological polar surface area (TPSA) is 17.8 Å². The molecule has 2 nitrogen and oxygen atoms in total. The Morgan fingerprint density at radius 2 is 0.902 bits per heavy atom. The van der Waals surface area contributed by atoms with Gasteiger partial charge in [-0.25, -0.2) is 4.98 Å². The Labute approximate surface area is 296 Å². The van der Waals surface area contributed by atoms with Crippen LogP contribution in [-0.4, -0.2) is 9.55 Å². The highest BCUT2D eigenvalue weighted by atomic mass is 15.1. The summed E-state index contributed by atoms with van der Waals surface area (Å²) >= 11 is 0. The number of nitrogens with zero attached hydrogens (tertiary/aromatic N) is 2. The highest BCUT2D eigenvalue weighted by Crippen LogP contribution is 2.45. The molecule has 0 N–H and O–H groups in total. The molecule has 1 aromatic heterocycles. The molecule has 10 rings (SSSR count). The van der Waals surface area contributed by atoms with Crippen LogP contribution in [0.1, 0.15) is 0 Å². The fourth-order valence-corrected chi connectivity index (χ4v) is 7.90. The van der Waals surface area contributed by atoms with Crippen LogP contribution in [0.25, 0.3) is 93.8 Å². The first kappa shape index (κ1) is 29.2. The van der Waals surface area contributed by atoms with Crippen LogP contribution in [0, 0.1) is 0 Å². The lowest BCUT2D eigenvalue weighted by molar-refractivity contribution is 1.10. The van der Waals surface area contributed by atoms with Gasteiger partial charge in [-0.05, 0) is 96.0 Å². The van der Waals surface area contributed by atoms with Gasteiger partial charge in [-0.3, -0.25) is 4.57 Å². The van der Waals surface area contributed by atoms with Crippen LogP contribution >= 0.6 is 0 Å². The van der Waals surface area contributed by atoms with E-state index in [9.17, 15) is 0 Å². The first-order chi connectivity index (χ1) is 25.3. The highest BCUT2D eigenvalue weighted by Gasteiger charge is 2.19. The van der Waals surface area contributed by atoms with Gasteiger partial charge in [0.25, 0.3) is 0 Å². The van der Waals surface area contributed by atoms with Crippen LogP contribution in [0.15, 0.2) is 194 Å². The number of hydrogen-bond donors (Lipinski definition) is 0. The maximum absolute atomic E-state index is 5.08. The normalized spacial score (nSPS) is 11.5. The van der Waals surface area contributed by atoms with E-state index in [2.05, 4.69) is 193 Å². The summed E-state index contributed by atoms with van der Waals surface area (Å²) in [5, 5.41) is 7.49. The van der Waals surface area contributed by atoms with Crippen LogP contribution in [-0.2, 0) is 0 Å². The van der Waals surface area contributed by atoms with Crippen molar-refractivity contribution in [2.75, 3.05) is 0 Å². The van der Waals surface area contributed by atoms with Gasteiger partial charge >= 0.3 is 0 Å². The molecule has 1 heterocycles. The maximum Gasteiger partial charge on any atom is 0.145 e. The second kappa shape index (κ2) is 12.0. The zero-order valence-corrected chi connectivity index (χ0v) is 27.9. The number of para-hydroxylation sites is 2. The summed E-state index contributed by atoms with van der Waals surface area (Å²) in [6.07, 6.45) is 0. The number of hydrogen-bond acceptors (Lipinski definition) is 1. The average Bonchev–Trinajstić information content (AvgIpc) is 3.60. The molecule has 0 saturated carbocycles. The zero-order chi connectivity index (χ0) is 33.7. The Morgan fingerprint density at radius 3 is 1.67 bits per heavy atom. The van der Waals surface area contributed by atoms with E-state index in [0.29, 0.717) is 0 Å². The van der Waals surface area contributed by atoms with E-state index in [1.807, 2.05) is 6.07 Å². The van der Waals surface area contributed by atoms with E-state index in [1.54, 1.807) is 0 Å². The van der Waals surface area contributed by atoms with E-state index in [1.165, 1.54) is 65.7 Å². The van der Waals surface area contributed by atoms with Crippen LogP contribution in [0.4, 0.5) is 0 Å². The van der Waals surface area contributed by atoms with Crippen LogP contribution in [0.5, 0.6) is 0 Å². The third-order valence-electron chi connectivity index (χ3n) is 10.2. The molecule has 10 aromatic rings. The minimum atomic E-state index is 0.939. The predicted octanol–water partition coefficient (Wildman–Crippen LogP) is 13.2. The van der Waals surface area contributed by atoms with Gasteiger partial charge in [0.2, 0.25) is 0 Å². The Bertz CT molecular complexity index is 2880. The van der Waals surface area contributed by atoms with Crippen molar-refractivity contribution in [3.8, 4) is 50.5 Å². The van der Waals surface area contributed by atoms with E-state index >= 15 is 0 Å². The van der Waals surface area contributed by atoms with Crippen molar-refractivity contribution >= 4 is 43.4 Å². The summed E-state index contributed by atoms with van der Waals surface area (Å²) in [6, 6.07) is 69.9. The molecule has 0 spiro atoms. The van der Waals surface area contributed by atoms with Gasteiger partial charge in [-0.1, -0.05) is 164 Å². The van der Waals surface area contributed by atoms with Crippen molar-refractivity contribution < 1.29 is 0 Å². The minimum Gasteiger partial charge on any atom is -0.292 e. The first-order valence-corrected chi connectivity index (χ1v) is 17.5.